The molecule has 0 saturated carbocycles. The summed E-state index contributed by atoms with van der Waals surface area (Å²) < 4.78 is 15.2. The summed E-state index contributed by atoms with van der Waals surface area (Å²) in [6.45, 7) is 1.31. The Kier molecular flexibility index (Phi) is 8.25. The van der Waals surface area contributed by atoms with Gasteiger partial charge in [-0.05, 0) is 35.7 Å². The highest BCUT2D eigenvalue weighted by Crippen LogP contribution is 2.13. The van der Waals surface area contributed by atoms with E-state index in [1.165, 1.54) is 6.07 Å². The standard InChI is InChI=1S/C20H22FN5.HI/c1-22-20(24-10-9-16-5-4-7-18(21)13-16)25-14-17-6-2-3-8-19(17)26-12-11-23-15-26;/h2-8,11-13,15H,9-10,14H2,1H3,(H2,22,24,25);1H. The third kappa shape index (κ3) is 6.06. The molecule has 0 atom stereocenters. The Bertz CT molecular complexity index is 864. The monoisotopic (exact) mass is 479 g/mol. The number of nitrogens with zero attached hydrogens (tertiary/aromatic N) is 3. The van der Waals surface area contributed by atoms with Crippen LogP contribution in [0.2, 0.25) is 0 Å². The Balaban J connectivity index is 0.00000261. The maximum atomic E-state index is 13.2. The fourth-order valence-corrected chi connectivity index (χ4v) is 2.73. The lowest BCUT2D eigenvalue weighted by atomic mass is 10.1. The molecule has 2 aromatic carbocycles. The molecule has 5 nitrogen and oxygen atoms in total. The van der Waals surface area contributed by atoms with Gasteiger partial charge in [-0.1, -0.05) is 30.3 Å². The smallest absolute Gasteiger partial charge is 0.191 e. The number of aromatic nitrogens is 2. The fraction of sp³-hybridized carbons (Fsp3) is 0.200. The normalized spacial score (nSPS) is 11.0. The highest BCUT2D eigenvalue weighted by atomic mass is 127. The van der Waals surface area contributed by atoms with Crippen molar-refractivity contribution in [2.24, 2.45) is 4.99 Å². The lowest BCUT2D eigenvalue weighted by molar-refractivity contribution is 0.625. The minimum absolute atomic E-state index is 0. The largest absolute Gasteiger partial charge is 0.356 e. The quantitative estimate of drug-likeness (QED) is 0.323. The third-order valence-electron chi connectivity index (χ3n) is 4.04. The van der Waals surface area contributed by atoms with Gasteiger partial charge in [0.25, 0.3) is 0 Å². The molecule has 0 aliphatic carbocycles. The zero-order chi connectivity index (χ0) is 18.2. The van der Waals surface area contributed by atoms with E-state index in [1.807, 2.05) is 29.0 Å². The summed E-state index contributed by atoms with van der Waals surface area (Å²) in [6, 6.07) is 14.8. The molecular formula is C20H23FIN5. The van der Waals surface area contributed by atoms with Gasteiger partial charge < -0.3 is 15.2 Å². The maximum Gasteiger partial charge on any atom is 0.191 e. The van der Waals surface area contributed by atoms with Crippen LogP contribution in [0.1, 0.15) is 11.1 Å². The first-order valence-electron chi connectivity index (χ1n) is 8.51. The van der Waals surface area contributed by atoms with E-state index >= 15 is 0 Å². The molecule has 0 amide bonds. The van der Waals surface area contributed by atoms with Crippen LogP contribution in [0.15, 0.2) is 72.2 Å². The molecule has 0 unspecified atom stereocenters. The van der Waals surface area contributed by atoms with E-state index in [-0.39, 0.29) is 29.8 Å². The zero-order valence-electron chi connectivity index (χ0n) is 15.1. The number of rotatable bonds is 6. The van der Waals surface area contributed by atoms with Gasteiger partial charge in [-0.3, -0.25) is 4.99 Å². The Morgan fingerprint density at radius 3 is 2.74 bits per heavy atom. The van der Waals surface area contributed by atoms with Crippen molar-refractivity contribution in [1.82, 2.24) is 20.2 Å². The van der Waals surface area contributed by atoms with E-state index in [1.54, 1.807) is 31.7 Å². The summed E-state index contributed by atoms with van der Waals surface area (Å²) >= 11 is 0. The van der Waals surface area contributed by atoms with Crippen molar-refractivity contribution < 1.29 is 4.39 Å². The van der Waals surface area contributed by atoms with Gasteiger partial charge in [-0.2, -0.15) is 0 Å². The number of hydrogen-bond acceptors (Lipinski definition) is 2. The third-order valence-corrected chi connectivity index (χ3v) is 4.04. The zero-order valence-corrected chi connectivity index (χ0v) is 17.4. The molecule has 0 spiro atoms. The number of benzene rings is 2. The molecule has 0 saturated heterocycles. The molecular weight excluding hydrogens is 456 g/mol. The van der Waals surface area contributed by atoms with Crippen LogP contribution in [0, 0.1) is 5.82 Å². The van der Waals surface area contributed by atoms with Crippen LogP contribution >= 0.6 is 24.0 Å². The number of para-hydroxylation sites is 1. The second-order valence-corrected chi connectivity index (χ2v) is 5.83. The lowest BCUT2D eigenvalue weighted by Crippen LogP contribution is -2.38. The predicted octanol–water partition coefficient (Wildman–Crippen LogP) is 3.54. The second kappa shape index (κ2) is 10.7. The van der Waals surface area contributed by atoms with E-state index in [2.05, 4.69) is 32.7 Å². The molecule has 2 N–H and O–H groups in total. The molecule has 3 aromatic rings. The van der Waals surface area contributed by atoms with Crippen LogP contribution in [-0.4, -0.2) is 29.1 Å². The highest BCUT2D eigenvalue weighted by Gasteiger charge is 2.05. The van der Waals surface area contributed by atoms with E-state index in [0.717, 1.165) is 23.2 Å². The van der Waals surface area contributed by atoms with Crippen molar-refractivity contribution in [2.75, 3.05) is 13.6 Å². The van der Waals surface area contributed by atoms with Crippen LogP contribution in [0.3, 0.4) is 0 Å². The van der Waals surface area contributed by atoms with Crippen LogP contribution in [0.25, 0.3) is 5.69 Å². The minimum Gasteiger partial charge on any atom is -0.356 e. The predicted molar refractivity (Wildman–Crippen MR) is 117 cm³/mol. The summed E-state index contributed by atoms with van der Waals surface area (Å²) in [5, 5.41) is 6.58. The molecule has 0 fully saturated rings. The minimum atomic E-state index is -0.207. The first-order chi connectivity index (χ1) is 12.8. The Hall–Kier alpha value is -2.42. The summed E-state index contributed by atoms with van der Waals surface area (Å²) in [6.07, 6.45) is 6.19. The topological polar surface area (TPSA) is 54.2 Å². The van der Waals surface area contributed by atoms with Crippen LogP contribution in [0.5, 0.6) is 0 Å². The average Bonchev–Trinajstić information content (AvgIpc) is 3.19. The van der Waals surface area contributed by atoms with Crippen molar-refractivity contribution in [1.29, 1.82) is 0 Å². The van der Waals surface area contributed by atoms with Crippen LogP contribution < -0.4 is 10.6 Å². The molecule has 0 aliphatic rings. The average molecular weight is 479 g/mol. The van der Waals surface area contributed by atoms with E-state index in [4.69, 9.17) is 0 Å². The number of guanidine groups is 1. The number of hydrogen-bond donors (Lipinski definition) is 2. The van der Waals surface area contributed by atoms with Gasteiger partial charge >= 0.3 is 0 Å². The van der Waals surface area contributed by atoms with Crippen molar-refractivity contribution in [3.05, 3.63) is 84.2 Å². The van der Waals surface area contributed by atoms with Gasteiger partial charge in [0.15, 0.2) is 5.96 Å². The number of aliphatic imine (C=N–C) groups is 1. The van der Waals surface area contributed by atoms with Gasteiger partial charge in [0.2, 0.25) is 0 Å². The van der Waals surface area contributed by atoms with Gasteiger partial charge in [0.05, 0.1) is 12.0 Å². The number of nitrogens with one attached hydrogen (secondary N) is 2. The molecule has 142 valence electrons. The van der Waals surface area contributed by atoms with Gasteiger partial charge in [-0.25, -0.2) is 9.37 Å². The van der Waals surface area contributed by atoms with Gasteiger partial charge in [0.1, 0.15) is 5.82 Å². The molecule has 3 rings (SSSR count). The van der Waals surface area contributed by atoms with E-state index < -0.39 is 0 Å². The number of halogens is 2. The lowest BCUT2D eigenvalue weighted by Gasteiger charge is -2.14. The molecule has 1 heterocycles. The first-order valence-corrected chi connectivity index (χ1v) is 8.51. The summed E-state index contributed by atoms with van der Waals surface area (Å²) in [5.41, 5.74) is 3.17. The van der Waals surface area contributed by atoms with Gasteiger partial charge in [-0.15, -0.1) is 24.0 Å². The Morgan fingerprint density at radius 1 is 1.15 bits per heavy atom. The van der Waals surface area contributed by atoms with Crippen LogP contribution in [0.4, 0.5) is 4.39 Å². The highest BCUT2D eigenvalue weighted by molar-refractivity contribution is 14.0. The fourth-order valence-electron chi connectivity index (χ4n) is 2.73. The molecule has 7 heteroatoms. The van der Waals surface area contributed by atoms with Crippen molar-refractivity contribution in [3.63, 3.8) is 0 Å². The van der Waals surface area contributed by atoms with E-state index in [9.17, 15) is 4.39 Å². The molecule has 1 aromatic heterocycles. The SMILES string of the molecule is CN=C(NCCc1cccc(F)c1)NCc1ccccc1-n1ccnc1.I. The Labute approximate surface area is 175 Å². The summed E-state index contributed by atoms with van der Waals surface area (Å²) in [5.74, 6) is 0.503. The molecule has 0 radical (unpaired) electrons. The first kappa shape index (κ1) is 20.9. The van der Waals surface area contributed by atoms with Gasteiger partial charge in [0, 0.05) is 32.5 Å². The number of imidazole rings is 1. The van der Waals surface area contributed by atoms with E-state index in [0.29, 0.717) is 19.0 Å². The molecule has 27 heavy (non-hydrogen) atoms. The van der Waals surface area contributed by atoms with Crippen molar-refractivity contribution in [2.45, 2.75) is 13.0 Å². The second-order valence-electron chi connectivity index (χ2n) is 5.83. The maximum absolute atomic E-state index is 13.2. The summed E-state index contributed by atoms with van der Waals surface area (Å²) in [4.78, 5) is 8.35. The molecule has 0 bridgehead atoms. The van der Waals surface area contributed by atoms with Crippen LogP contribution in [-0.2, 0) is 13.0 Å². The van der Waals surface area contributed by atoms with Crippen molar-refractivity contribution >= 4 is 29.9 Å². The molecule has 0 aliphatic heterocycles. The summed E-state index contributed by atoms with van der Waals surface area (Å²) in [7, 11) is 1.74. The van der Waals surface area contributed by atoms with Crippen molar-refractivity contribution in [3.8, 4) is 5.69 Å². The Morgan fingerprint density at radius 2 is 2.00 bits per heavy atom.